The van der Waals surface area contributed by atoms with Crippen molar-refractivity contribution in [2.45, 2.75) is 25.4 Å². The number of benzene rings is 1. The predicted molar refractivity (Wildman–Crippen MR) is 99.3 cm³/mol. The molecular formula is C19H25ClN4O. The monoisotopic (exact) mass is 360 g/mol. The molecule has 0 bridgehead atoms. The van der Waals surface area contributed by atoms with Crippen molar-refractivity contribution in [2.75, 3.05) is 39.4 Å². The molecule has 3 heterocycles. The molecule has 25 heavy (non-hydrogen) atoms. The fraction of sp³-hybridized carbons (Fsp3) is 0.526. The van der Waals surface area contributed by atoms with E-state index >= 15 is 0 Å². The van der Waals surface area contributed by atoms with Gasteiger partial charge in [-0.1, -0.05) is 23.7 Å². The Bertz CT molecular complexity index is 690. The molecule has 2 aromatic rings. The van der Waals surface area contributed by atoms with Crippen LogP contribution in [0.1, 0.15) is 18.4 Å². The van der Waals surface area contributed by atoms with Gasteiger partial charge in [-0.25, -0.2) is 4.68 Å². The first-order valence-corrected chi connectivity index (χ1v) is 9.50. The third-order valence-electron chi connectivity index (χ3n) is 5.26. The lowest BCUT2D eigenvalue weighted by molar-refractivity contribution is 0.000230. The van der Waals surface area contributed by atoms with Crippen molar-refractivity contribution in [3.05, 3.63) is 47.2 Å². The summed E-state index contributed by atoms with van der Waals surface area (Å²) >= 11 is 6.26. The van der Waals surface area contributed by atoms with Crippen molar-refractivity contribution >= 4 is 11.6 Å². The zero-order valence-corrected chi connectivity index (χ0v) is 15.2. The quantitative estimate of drug-likeness (QED) is 0.839. The normalized spacial score (nSPS) is 20.8. The number of halogens is 1. The molecule has 0 atom stereocenters. The van der Waals surface area contributed by atoms with Gasteiger partial charge in [0.1, 0.15) is 0 Å². The third kappa shape index (κ3) is 4.06. The first-order chi connectivity index (χ1) is 12.3. The molecule has 2 aliphatic heterocycles. The summed E-state index contributed by atoms with van der Waals surface area (Å²) in [6.45, 7) is 7.23. The topological polar surface area (TPSA) is 33.5 Å². The first kappa shape index (κ1) is 17.0. The maximum atomic E-state index is 6.26. The second-order valence-corrected chi connectivity index (χ2v) is 7.31. The highest BCUT2D eigenvalue weighted by molar-refractivity contribution is 6.32. The zero-order chi connectivity index (χ0) is 17.1. The van der Waals surface area contributed by atoms with Gasteiger partial charge in [0.15, 0.2) is 0 Å². The van der Waals surface area contributed by atoms with E-state index in [9.17, 15) is 0 Å². The average Bonchev–Trinajstić information content (AvgIpc) is 3.12. The van der Waals surface area contributed by atoms with Crippen LogP contribution in [-0.2, 0) is 11.3 Å². The van der Waals surface area contributed by atoms with E-state index in [0.717, 1.165) is 62.7 Å². The second kappa shape index (κ2) is 7.87. The van der Waals surface area contributed by atoms with Crippen LogP contribution < -0.4 is 0 Å². The van der Waals surface area contributed by atoms with Crippen LogP contribution in [0.15, 0.2) is 36.7 Å². The van der Waals surface area contributed by atoms with Gasteiger partial charge in [0, 0.05) is 37.4 Å². The molecule has 0 spiro atoms. The van der Waals surface area contributed by atoms with Crippen molar-refractivity contribution in [1.29, 1.82) is 0 Å². The Morgan fingerprint density at radius 2 is 1.84 bits per heavy atom. The Morgan fingerprint density at radius 3 is 2.60 bits per heavy atom. The van der Waals surface area contributed by atoms with Crippen molar-refractivity contribution in [3.8, 4) is 5.69 Å². The van der Waals surface area contributed by atoms with Gasteiger partial charge in [0.05, 0.1) is 30.1 Å². The molecule has 1 aromatic carbocycles. The molecule has 1 aromatic heterocycles. The molecule has 4 rings (SSSR count). The lowest BCUT2D eigenvalue weighted by Crippen LogP contribution is -2.48. The second-order valence-electron chi connectivity index (χ2n) is 6.90. The van der Waals surface area contributed by atoms with Crippen LogP contribution in [0.3, 0.4) is 0 Å². The molecule has 0 aliphatic carbocycles. The van der Waals surface area contributed by atoms with Crippen LogP contribution in [-0.4, -0.2) is 65.0 Å². The number of nitrogens with zero attached hydrogens (tertiary/aromatic N) is 4. The lowest BCUT2D eigenvalue weighted by Gasteiger charge is -2.40. The maximum absolute atomic E-state index is 6.26. The summed E-state index contributed by atoms with van der Waals surface area (Å²) in [5.41, 5.74) is 2.17. The summed E-state index contributed by atoms with van der Waals surface area (Å²) in [7, 11) is 0. The van der Waals surface area contributed by atoms with E-state index in [2.05, 4.69) is 21.1 Å². The summed E-state index contributed by atoms with van der Waals surface area (Å²) in [6.07, 6.45) is 6.55. The van der Waals surface area contributed by atoms with Gasteiger partial charge in [-0.05, 0) is 38.1 Å². The van der Waals surface area contributed by atoms with E-state index in [-0.39, 0.29) is 0 Å². The van der Waals surface area contributed by atoms with E-state index < -0.39 is 0 Å². The summed E-state index contributed by atoms with van der Waals surface area (Å²) in [5.74, 6) is 0. The molecule has 6 heteroatoms. The van der Waals surface area contributed by atoms with E-state index in [1.165, 1.54) is 18.4 Å². The largest absolute Gasteiger partial charge is 0.379 e. The van der Waals surface area contributed by atoms with Crippen LogP contribution in [0.25, 0.3) is 5.69 Å². The molecule has 5 nitrogen and oxygen atoms in total. The van der Waals surface area contributed by atoms with Crippen molar-refractivity contribution in [2.24, 2.45) is 0 Å². The Hall–Kier alpha value is -1.40. The summed E-state index contributed by atoms with van der Waals surface area (Å²) in [4.78, 5) is 5.14. The first-order valence-electron chi connectivity index (χ1n) is 9.12. The van der Waals surface area contributed by atoms with Gasteiger partial charge < -0.3 is 4.74 Å². The molecule has 2 saturated heterocycles. The Balaban J connectivity index is 1.32. The fourth-order valence-electron chi connectivity index (χ4n) is 3.85. The highest BCUT2D eigenvalue weighted by atomic mass is 35.5. The summed E-state index contributed by atoms with van der Waals surface area (Å²) < 4.78 is 7.34. The number of para-hydroxylation sites is 1. The van der Waals surface area contributed by atoms with Gasteiger partial charge in [-0.3, -0.25) is 9.80 Å². The van der Waals surface area contributed by atoms with E-state index in [1.807, 2.05) is 35.1 Å². The van der Waals surface area contributed by atoms with Gasteiger partial charge in [0.2, 0.25) is 0 Å². The standard InChI is InChI=1S/C19H25ClN4O/c20-18-3-1-2-4-19(18)24-15-16(13-21-24)14-22-7-5-17(6-8-22)23-9-11-25-12-10-23/h1-4,13,15,17H,5-12,14H2. The van der Waals surface area contributed by atoms with Crippen LogP contribution in [0.2, 0.25) is 5.02 Å². The predicted octanol–water partition coefficient (Wildman–Crippen LogP) is 2.82. The van der Waals surface area contributed by atoms with E-state index in [1.54, 1.807) is 0 Å². The number of hydrogen-bond acceptors (Lipinski definition) is 4. The fourth-order valence-corrected chi connectivity index (χ4v) is 4.08. The van der Waals surface area contributed by atoms with E-state index in [4.69, 9.17) is 16.3 Å². The van der Waals surface area contributed by atoms with Gasteiger partial charge in [-0.2, -0.15) is 5.10 Å². The van der Waals surface area contributed by atoms with Crippen LogP contribution in [0.4, 0.5) is 0 Å². The number of hydrogen-bond donors (Lipinski definition) is 0. The Labute approximate surface area is 154 Å². The zero-order valence-electron chi connectivity index (χ0n) is 14.5. The van der Waals surface area contributed by atoms with Crippen molar-refractivity contribution < 1.29 is 4.74 Å². The van der Waals surface area contributed by atoms with Gasteiger partial charge >= 0.3 is 0 Å². The number of piperidine rings is 1. The third-order valence-corrected chi connectivity index (χ3v) is 5.58. The maximum Gasteiger partial charge on any atom is 0.0831 e. The number of morpholine rings is 1. The Kier molecular flexibility index (Phi) is 5.36. The molecule has 134 valence electrons. The number of likely N-dealkylation sites (tertiary alicyclic amines) is 1. The van der Waals surface area contributed by atoms with Crippen LogP contribution in [0.5, 0.6) is 0 Å². The summed E-state index contributed by atoms with van der Waals surface area (Å²) in [5, 5.41) is 5.21. The van der Waals surface area contributed by atoms with Crippen molar-refractivity contribution in [1.82, 2.24) is 19.6 Å². The van der Waals surface area contributed by atoms with Crippen molar-refractivity contribution in [3.63, 3.8) is 0 Å². The minimum atomic E-state index is 0.725. The summed E-state index contributed by atoms with van der Waals surface area (Å²) in [6, 6.07) is 8.54. The van der Waals surface area contributed by atoms with Crippen LogP contribution in [0, 0.1) is 0 Å². The van der Waals surface area contributed by atoms with Gasteiger partial charge in [-0.15, -0.1) is 0 Å². The number of rotatable bonds is 4. The molecule has 2 fully saturated rings. The van der Waals surface area contributed by atoms with Gasteiger partial charge in [0.25, 0.3) is 0 Å². The Morgan fingerprint density at radius 1 is 1.08 bits per heavy atom. The molecular weight excluding hydrogens is 336 g/mol. The van der Waals surface area contributed by atoms with E-state index in [0.29, 0.717) is 0 Å². The highest BCUT2D eigenvalue weighted by Gasteiger charge is 2.25. The minimum absolute atomic E-state index is 0.725. The van der Waals surface area contributed by atoms with Crippen LogP contribution >= 0.6 is 11.6 Å². The minimum Gasteiger partial charge on any atom is -0.379 e. The number of ether oxygens (including phenoxy) is 1. The molecule has 0 unspecified atom stereocenters. The number of aromatic nitrogens is 2. The molecule has 0 saturated carbocycles. The molecule has 0 radical (unpaired) electrons. The smallest absolute Gasteiger partial charge is 0.0831 e. The molecule has 0 N–H and O–H groups in total. The average molecular weight is 361 g/mol. The molecule has 2 aliphatic rings. The highest BCUT2D eigenvalue weighted by Crippen LogP contribution is 2.21. The molecule has 0 amide bonds. The lowest BCUT2D eigenvalue weighted by atomic mass is 10.0. The SMILES string of the molecule is Clc1ccccc1-n1cc(CN2CCC(N3CCOCC3)CC2)cn1.